The van der Waals surface area contributed by atoms with Gasteiger partial charge in [-0.25, -0.2) is 9.97 Å². The number of hydrogen-bond donors (Lipinski definition) is 0. The highest BCUT2D eigenvalue weighted by atomic mass is 35.5. The molecule has 2 aromatic rings. The van der Waals surface area contributed by atoms with Crippen molar-refractivity contribution >= 4 is 11.6 Å². The Morgan fingerprint density at radius 3 is 2.63 bits per heavy atom. The largest absolute Gasteiger partial charge is 0.493 e. The third-order valence-corrected chi connectivity index (χ3v) is 2.93. The van der Waals surface area contributed by atoms with Crippen LogP contribution < -0.4 is 4.74 Å². The maximum Gasteiger partial charge on any atom is 0.164 e. The molecule has 0 bridgehead atoms. The molecule has 0 atom stereocenters. The lowest BCUT2D eigenvalue weighted by Crippen LogP contribution is -2.00. The first-order valence-corrected chi connectivity index (χ1v) is 6.76. The van der Waals surface area contributed by atoms with Crippen LogP contribution in [0.4, 0.5) is 0 Å². The molecule has 4 heteroatoms. The Morgan fingerprint density at radius 1 is 1.21 bits per heavy atom. The van der Waals surface area contributed by atoms with Crippen LogP contribution in [0.3, 0.4) is 0 Å². The third-order valence-electron chi connectivity index (χ3n) is 2.73. The minimum atomic E-state index is 0.304. The number of nitrogens with zero attached hydrogens (tertiary/aromatic N) is 2. The van der Waals surface area contributed by atoms with Crippen LogP contribution in [-0.2, 0) is 0 Å². The van der Waals surface area contributed by atoms with Crippen molar-refractivity contribution in [3.05, 3.63) is 41.2 Å². The Kier molecular flexibility index (Phi) is 4.38. The van der Waals surface area contributed by atoms with Crippen molar-refractivity contribution in [1.29, 1.82) is 0 Å². The van der Waals surface area contributed by atoms with E-state index in [1.54, 1.807) is 6.07 Å². The van der Waals surface area contributed by atoms with Crippen LogP contribution in [0.5, 0.6) is 5.75 Å². The van der Waals surface area contributed by atoms with Crippen molar-refractivity contribution in [3.63, 3.8) is 0 Å². The zero-order chi connectivity index (χ0) is 13.8. The number of halogens is 1. The molecule has 0 aliphatic carbocycles. The molecule has 0 saturated heterocycles. The van der Waals surface area contributed by atoms with E-state index in [2.05, 4.69) is 23.8 Å². The molecule has 19 heavy (non-hydrogen) atoms. The Balaban J connectivity index is 2.52. The standard InChI is InChI=1S/C15H17ClN2O/c1-4-19-13-8-6-5-7-11(13)15-17-12(10(2)3)9-14(16)18-15/h5-10H,4H2,1-3H3. The number of benzene rings is 1. The van der Waals surface area contributed by atoms with E-state index < -0.39 is 0 Å². The maximum absolute atomic E-state index is 6.08. The lowest BCUT2D eigenvalue weighted by atomic mass is 10.1. The summed E-state index contributed by atoms with van der Waals surface area (Å²) in [5.41, 5.74) is 1.80. The summed E-state index contributed by atoms with van der Waals surface area (Å²) >= 11 is 6.08. The SMILES string of the molecule is CCOc1ccccc1-c1nc(Cl)cc(C(C)C)n1. The van der Waals surface area contributed by atoms with E-state index >= 15 is 0 Å². The molecule has 0 aliphatic rings. The summed E-state index contributed by atoms with van der Waals surface area (Å²) in [4.78, 5) is 8.87. The smallest absolute Gasteiger partial charge is 0.164 e. The van der Waals surface area contributed by atoms with Gasteiger partial charge >= 0.3 is 0 Å². The van der Waals surface area contributed by atoms with Crippen LogP contribution in [0.15, 0.2) is 30.3 Å². The minimum absolute atomic E-state index is 0.304. The predicted molar refractivity (Wildman–Crippen MR) is 77.7 cm³/mol. The summed E-state index contributed by atoms with van der Waals surface area (Å²) in [5, 5.41) is 0.458. The van der Waals surface area contributed by atoms with Gasteiger partial charge in [0.05, 0.1) is 12.2 Å². The van der Waals surface area contributed by atoms with Gasteiger partial charge in [0, 0.05) is 5.69 Å². The molecule has 0 N–H and O–H groups in total. The molecule has 0 spiro atoms. The highest BCUT2D eigenvalue weighted by Crippen LogP contribution is 2.29. The molecule has 1 aromatic heterocycles. The molecule has 0 radical (unpaired) electrons. The summed E-state index contributed by atoms with van der Waals surface area (Å²) in [6, 6.07) is 9.54. The number of aromatic nitrogens is 2. The molecular weight excluding hydrogens is 260 g/mol. The molecule has 1 aromatic carbocycles. The lowest BCUT2D eigenvalue weighted by molar-refractivity contribution is 0.341. The van der Waals surface area contributed by atoms with Crippen LogP contribution >= 0.6 is 11.6 Å². The van der Waals surface area contributed by atoms with Gasteiger partial charge in [-0.3, -0.25) is 0 Å². The molecule has 0 saturated carbocycles. The Bertz CT molecular complexity index is 570. The van der Waals surface area contributed by atoms with Crippen molar-refractivity contribution in [2.75, 3.05) is 6.61 Å². The highest BCUT2D eigenvalue weighted by Gasteiger charge is 2.12. The fraction of sp³-hybridized carbons (Fsp3) is 0.333. The maximum atomic E-state index is 6.08. The van der Waals surface area contributed by atoms with Crippen molar-refractivity contribution in [2.45, 2.75) is 26.7 Å². The van der Waals surface area contributed by atoms with Gasteiger partial charge in [-0.2, -0.15) is 0 Å². The van der Waals surface area contributed by atoms with E-state index in [1.807, 2.05) is 31.2 Å². The van der Waals surface area contributed by atoms with Gasteiger partial charge in [0.25, 0.3) is 0 Å². The zero-order valence-corrected chi connectivity index (χ0v) is 12.1. The normalized spacial score (nSPS) is 10.8. The van der Waals surface area contributed by atoms with Gasteiger partial charge in [-0.05, 0) is 31.0 Å². The predicted octanol–water partition coefficient (Wildman–Crippen LogP) is 4.32. The Hall–Kier alpha value is -1.61. The Morgan fingerprint density at radius 2 is 1.95 bits per heavy atom. The lowest BCUT2D eigenvalue weighted by Gasteiger charge is -2.11. The molecule has 0 unspecified atom stereocenters. The summed E-state index contributed by atoms with van der Waals surface area (Å²) in [5.74, 6) is 1.70. The van der Waals surface area contributed by atoms with Crippen LogP contribution in [-0.4, -0.2) is 16.6 Å². The number of para-hydroxylation sites is 1. The monoisotopic (exact) mass is 276 g/mol. The van der Waals surface area contributed by atoms with Gasteiger partial charge in [0.15, 0.2) is 5.82 Å². The average Bonchev–Trinajstić information content (AvgIpc) is 2.39. The quantitative estimate of drug-likeness (QED) is 0.780. The van der Waals surface area contributed by atoms with E-state index in [0.717, 1.165) is 17.0 Å². The van der Waals surface area contributed by atoms with E-state index in [4.69, 9.17) is 16.3 Å². The van der Waals surface area contributed by atoms with Gasteiger partial charge in [-0.1, -0.05) is 37.6 Å². The number of ether oxygens (including phenoxy) is 1. The summed E-state index contributed by atoms with van der Waals surface area (Å²) < 4.78 is 5.61. The topological polar surface area (TPSA) is 35.0 Å². The first kappa shape index (κ1) is 13.8. The summed E-state index contributed by atoms with van der Waals surface area (Å²) in [6.45, 7) is 6.72. The second kappa shape index (κ2) is 6.02. The first-order chi connectivity index (χ1) is 9.11. The highest BCUT2D eigenvalue weighted by molar-refractivity contribution is 6.29. The van der Waals surface area contributed by atoms with E-state index in [1.165, 1.54) is 0 Å². The molecule has 2 rings (SSSR count). The van der Waals surface area contributed by atoms with Crippen LogP contribution in [0.25, 0.3) is 11.4 Å². The molecular formula is C15H17ClN2O. The van der Waals surface area contributed by atoms with Gasteiger partial charge in [0.2, 0.25) is 0 Å². The van der Waals surface area contributed by atoms with Gasteiger partial charge < -0.3 is 4.74 Å². The van der Waals surface area contributed by atoms with E-state index in [-0.39, 0.29) is 0 Å². The molecule has 0 aliphatic heterocycles. The fourth-order valence-electron chi connectivity index (χ4n) is 1.78. The molecule has 0 fully saturated rings. The second-order valence-corrected chi connectivity index (χ2v) is 4.91. The number of hydrogen-bond acceptors (Lipinski definition) is 3. The van der Waals surface area contributed by atoms with Gasteiger partial charge in [-0.15, -0.1) is 0 Å². The van der Waals surface area contributed by atoms with Crippen molar-refractivity contribution in [2.24, 2.45) is 0 Å². The van der Waals surface area contributed by atoms with Crippen molar-refractivity contribution < 1.29 is 4.74 Å². The average molecular weight is 277 g/mol. The van der Waals surface area contributed by atoms with Gasteiger partial charge in [0.1, 0.15) is 10.9 Å². The third kappa shape index (κ3) is 3.24. The molecule has 100 valence electrons. The zero-order valence-electron chi connectivity index (χ0n) is 11.4. The molecule has 1 heterocycles. The van der Waals surface area contributed by atoms with Crippen LogP contribution in [0.2, 0.25) is 5.15 Å². The summed E-state index contributed by atoms with van der Waals surface area (Å²) in [6.07, 6.45) is 0. The second-order valence-electron chi connectivity index (χ2n) is 4.52. The number of rotatable bonds is 4. The van der Waals surface area contributed by atoms with Crippen molar-refractivity contribution in [3.8, 4) is 17.1 Å². The minimum Gasteiger partial charge on any atom is -0.493 e. The summed E-state index contributed by atoms with van der Waals surface area (Å²) in [7, 11) is 0. The molecule has 3 nitrogen and oxygen atoms in total. The first-order valence-electron chi connectivity index (χ1n) is 6.38. The van der Waals surface area contributed by atoms with E-state index in [0.29, 0.717) is 23.5 Å². The van der Waals surface area contributed by atoms with Crippen LogP contribution in [0.1, 0.15) is 32.4 Å². The fourth-order valence-corrected chi connectivity index (χ4v) is 1.98. The van der Waals surface area contributed by atoms with Crippen LogP contribution in [0, 0.1) is 0 Å². The molecule has 0 amide bonds. The Labute approximate surface area is 118 Å². The van der Waals surface area contributed by atoms with E-state index in [9.17, 15) is 0 Å². The van der Waals surface area contributed by atoms with Crippen molar-refractivity contribution in [1.82, 2.24) is 9.97 Å².